The lowest BCUT2D eigenvalue weighted by Gasteiger charge is -2.17. The minimum atomic E-state index is -3.64. The summed E-state index contributed by atoms with van der Waals surface area (Å²) in [6.07, 6.45) is 1.51. The molecule has 0 atom stereocenters. The second kappa shape index (κ2) is 6.94. The van der Waals surface area contributed by atoms with Crippen LogP contribution in [0.5, 0.6) is 0 Å². The highest BCUT2D eigenvalue weighted by atomic mass is 35.5. The molecule has 0 unspecified atom stereocenters. The summed E-state index contributed by atoms with van der Waals surface area (Å²) in [7, 11) is -3.64. The van der Waals surface area contributed by atoms with E-state index in [1.54, 1.807) is 55.5 Å². The highest BCUT2D eigenvalue weighted by Gasteiger charge is 2.20. The van der Waals surface area contributed by atoms with Crippen LogP contribution in [0.25, 0.3) is 0 Å². The third kappa shape index (κ3) is 3.87. The van der Waals surface area contributed by atoms with Gasteiger partial charge in [-0.25, -0.2) is 0 Å². The Morgan fingerprint density at radius 1 is 1.09 bits per heavy atom. The van der Waals surface area contributed by atoms with Crippen LogP contribution in [0.4, 0.5) is 0 Å². The monoisotopic (exact) mass is 336 g/mol. The first-order valence-corrected chi connectivity index (χ1v) is 8.64. The fourth-order valence-electron chi connectivity index (χ4n) is 1.83. The van der Waals surface area contributed by atoms with E-state index in [1.165, 1.54) is 6.21 Å². The fraction of sp³-hybridized carbons (Fsp3) is 0.188. The molecule has 0 aliphatic rings. The van der Waals surface area contributed by atoms with Gasteiger partial charge >= 0.3 is 0 Å². The van der Waals surface area contributed by atoms with E-state index in [4.69, 9.17) is 11.6 Å². The molecule has 4 nitrogen and oxygen atoms in total. The van der Waals surface area contributed by atoms with Crippen molar-refractivity contribution in [2.24, 2.45) is 5.10 Å². The van der Waals surface area contributed by atoms with Crippen LogP contribution >= 0.6 is 11.6 Å². The van der Waals surface area contributed by atoms with Crippen LogP contribution in [-0.2, 0) is 10.0 Å². The first kappa shape index (κ1) is 16.5. The maximum absolute atomic E-state index is 12.5. The maximum Gasteiger partial charge on any atom is 0.278 e. The molecule has 6 heteroatoms. The number of hydrogen-bond acceptors (Lipinski definition) is 3. The quantitative estimate of drug-likeness (QED) is 0.617. The average molecular weight is 337 g/mol. The predicted molar refractivity (Wildman–Crippen MR) is 89.8 cm³/mol. The van der Waals surface area contributed by atoms with E-state index in [0.29, 0.717) is 5.02 Å². The Morgan fingerprint density at radius 3 is 2.23 bits per heavy atom. The zero-order valence-electron chi connectivity index (χ0n) is 12.4. The molecule has 0 radical (unpaired) electrons. The predicted octanol–water partition coefficient (Wildman–Crippen LogP) is 3.69. The van der Waals surface area contributed by atoms with Gasteiger partial charge in [0.15, 0.2) is 0 Å². The van der Waals surface area contributed by atoms with Gasteiger partial charge < -0.3 is 0 Å². The van der Waals surface area contributed by atoms with Gasteiger partial charge in [0, 0.05) is 5.02 Å². The SMILES string of the molecule is CCN(/N=C/c1ccc(Cl)cc1)S(=O)(=O)c1ccc(C)cc1. The molecule has 2 aromatic rings. The fourth-order valence-corrected chi connectivity index (χ4v) is 3.19. The number of sulfonamides is 1. The van der Waals surface area contributed by atoms with E-state index in [-0.39, 0.29) is 11.4 Å². The Kier molecular flexibility index (Phi) is 5.21. The van der Waals surface area contributed by atoms with Gasteiger partial charge in [-0.2, -0.15) is 17.9 Å². The Labute approximate surface area is 136 Å². The number of hydrogen-bond donors (Lipinski definition) is 0. The van der Waals surface area contributed by atoms with Gasteiger partial charge in [-0.1, -0.05) is 41.4 Å². The topological polar surface area (TPSA) is 49.7 Å². The summed E-state index contributed by atoms with van der Waals surface area (Å²) in [5.74, 6) is 0. The highest BCUT2D eigenvalue weighted by Crippen LogP contribution is 2.16. The molecule has 0 saturated heterocycles. The van der Waals surface area contributed by atoms with Crippen LogP contribution in [0.2, 0.25) is 5.02 Å². The average Bonchev–Trinajstić information content (AvgIpc) is 2.50. The van der Waals surface area contributed by atoms with Crippen molar-refractivity contribution in [1.82, 2.24) is 4.41 Å². The first-order chi connectivity index (χ1) is 10.4. The van der Waals surface area contributed by atoms with Gasteiger partial charge in [-0.3, -0.25) is 0 Å². The molecular weight excluding hydrogens is 320 g/mol. The van der Waals surface area contributed by atoms with Crippen LogP contribution in [0.3, 0.4) is 0 Å². The van der Waals surface area contributed by atoms with Crippen molar-refractivity contribution in [3.8, 4) is 0 Å². The molecule has 0 fully saturated rings. The molecule has 22 heavy (non-hydrogen) atoms. The van der Waals surface area contributed by atoms with Crippen molar-refractivity contribution in [3.63, 3.8) is 0 Å². The van der Waals surface area contributed by atoms with Crippen molar-refractivity contribution in [1.29, 1.82) is 0 Å². The summed E-state index contributed by atoms with van der Waals surface area (Å²) >= 11 is 5.82. The van der Waals surface area contributed by atoms with Gasteiger partial charge in [0.2, 0.25) is 0 Å². The highest BCUT2D eigenvalue weighted by molar-refractivity contribution is 7.89. The van der Waals surface area contributed by atoms with E-state index in [9.17, 15) is 8.42 Å². The number of aryl methyl sites for hydroxylation is 1. The summed E-state index contributed by atoms with van der Waals surface area (Å²) in [5, 5.41) is 4.71. The zero-order chi connectivity index (χ0) is 16.2. The molecule has 2 aromatic carbocycles. The molecule has 0 amide bonds. The number of benzene rings is 2. The third-order valence-electron chi connectivity index (χ3n) is 3.07. The summed E-state index contributed by atoms with van der Waals surface area (Å²) in [5.41, 5.74) is 1.79. The van der Waals surface area contributed by atoms with E-state index >= 15 is 0 Å². The summed E-state index contributed by atoms with van der Waals surface area (Å²) < 4.78 is 26.2. The van der Waals surface area contributed by atoms with E-state index in [0.717, 1.165) is 15.5 Å². The normalized spacial score (nSPS) is 11.8. The maximum atomic E-state index is 12.5. The number of hydrazone groups is 1. The Morgan fingerprint density at radius 2 is 1.68 bits per heavy atom. The molecular formula is C16H17ClN2O2S. The second-order valence-electron chi connectivity index (χ2n) is 4.75. The van der Waals surface area contributed by atoms with Gasteiger partial charge in [0.25, 0.3) is 10.0 Å². The lowest BCUT2D eigenvalue weighted by molar-refractivity contribution is 0.449. The van der Waals surface area contributed by atoms with E-state index in [1.807, 2.05) is 6.92 Å². The number of nitrogens with zero attached hydrogens (tertiary/aromatic N) is 2. The molecule has 116 valence electrons. The molecule has 0 aromatic heterocycles. The van der Waals surface area contributed by atoms with Crippen LogP contribution in [0, 0.1) is 6.92 Å². The molecule has 0 saturated carbocycles. The summed E-state index contributed by atoms with van der Waals surface area (Å²) in [6, 6.07) is 13.7. The van der Waals surface area contributed by atoms with E-state index in [2.05, 4.69) is 5.10 Å². The van der Waals surface area contributed by atoms with Gasteiger partial charge in [0.05, 0.1) is 17.7 Å². The minimum absolute atomic E-state index is 0.230. The molecule has 0 bridgehead atoms. The van der Waals surface area contributed by atoms with Gasteiger partial charge in [-0.15, -0.1) is 0 Å². The van der Waals surface area contributed by atoms with Crippen molar-refractivity contribution in [2.75, 3.05) is 6.54 Å². The molecule has 0 N–H and O–H groups in total. The molecule has 0 aliphatic carbocycles. The standard InChI is InChI=1S/C16H17ClN2O2S/c1-3-19(18-12-14-6-8-15(17)9-7-14)22(20,21)16-10-4-13(2)5-11-16/h4-12H,3H2,1-2H3/b18-12+. The third-order valence-corrected chi connectivity index (χ3v) is 5.10. The lowest BCUT2D eigenvalue weighted by Crippen LogP contribution is -2.26. The van der Waals surface area contributed by atoms with Crippen LogP contribution in [0.15, 0.2) is 58.5 Å². The summed E-state index contributed by atoms with van der Waals surface area (Å²) in [6.45, 7) is 3.90. The zero-order valence-corrected chi connectivity index (χ0v) is 14.0. The Balaban J connectivity index is 2.26. The van der Waals surface area contributed by atoms with Crippen LogP contribution in [0.1, 0.15) is 18.1 Å². The lowest BCUT2D eigenvalue weighted by atomic mass is 10.2. The van der Waals surface area contributed by atoms with Crippen molar-refractivity contribution in [2.45, 2.75) is 18.7 Å². The second-order valence-corrected chi connectivity index (χ2v) is 7.03. The Bertz CT molecular complexity index is 754. The molecule has 0 heterocycles. The minimum Gasteiger partial charge on any atom is -0.200 e. The smallest absolute Gasteiger partial charge is 0.200 e. The number of rotatable bonds is 5. The number of halogens is 1. The molecule has 2 rings (SSSR count). The van der Waals surface area contributed by atoms with Crippen LogP contribution in [-0.4, -0.2) is 25.6 Å². The van der Waals surface area contributed by atoms with Crippen molar-refractivity contribution < 1.29 is 8.42 Å². The van der Waals surface area contributed by atoms with E-state index < -0.39 is 10.0 Å². The largest absolute Gasteiger partial charge is 0.278 e. The van der Waals surface area contributed by atoms with Crippen molar-refractivity contribution >= 4 is 27.8 Å². The van der Waals surface area contributed by atoms with Gasteiger partial charge in [-0.05, 0) is 43.7 Å². The van der Waals surface area contributed by atoms with Gasteiger partial charge in [0.1, 0.15) is 0 Å². The molecule has 0 aliphatic heterocycles. The Hall–Kier alpha value is -1.85. The summed E-state index contributed by atoms with van der Waals surface area (Å²) in [4.78, 5) is 0.230. The van der Waals surface area contributed by atoms with Crippen molar-refractivity contribution in [3.05, 3.63) is 64.7 Å². The van der Waals surface area contributed by atoms with Crippen LogP contribution < -0.4 is 0 Å². The molecule has 0 spiro atoms. The first-order valence-electron chi connectivity index (χ1n) is 6.82.